The number of carboxylic acids is 1. The predicted molar refractivity (Wildman–Crippen MR) is 104 cm³/mol. The van der Waals surface area contributed by atoms with Crippen molar-refractivity contribution in [3.05, 3.63) is 41.5 Å². The Balaban J connectivity index is 0.00000363. The zero-order valence-corrected chi connectivity index (χ0v) is 15.8. The third-order valence-electron chi connectivity index (χ3n) is 4.12. The Bertz CT molecular complexity index is 1110. The van der Waals surface area contributed by atoms with Crippen LogP contribution in [0.3, 0.4) is 0 Å². The molecule has 1 atom stereocenters. The van der Waals surface area contributed by atoms with Crippen molar-refractivity contribution in [3.8, 4) is 29.1 Å². The summed E-state index contributed by atoms with van der Waals surface area (Å²) >= 11 is 0. The van der Waals surface area contributed by atoms with Crippen LogP contribution in [-0.2, 0) is 9.59 Å². The zero-order valence-electron chi connectivity index (χ0n) is 15.8. The van der Waals surface area contributed by atoms with Crippen LogP contribution in [0.25, 0.3) is 0 Å². The number of carbonyl (C=O) groups is 2. The van der Waals surface area contributed by atoms with E-state index in [2.05, 4.69) is 21.3 Å². The van der Waals surface area contributed by atoms with Crippen molar-refractivity contribution in [1.82, 2.24) is 0 Å². The quantitative estimate of drug-likeness (QED) is 0.544. The minimum absolute atomic E-state index is 0. The third-order valence-corrected chi connectivity index (χ3v) is 4.12. The molecule has 1 aliphatic heterocycles. The number of anilines is 2. The van der Waals surface area contributed by atoms with Gasteiger partial charge in [-0.25, -0.2) is 4.79 Å². The lowest BCUT2D eigenvalue weighted by Crippen LogP contribution is -2.41. The molecule has 8 nitrogen and oxygen atoms in total. The molecule has 1 unspecified atom stereocenters. The molecule has 0 bridgehead atoms. The van der Waals surface area contributed by atoms with Gasteiger partial charge in [0.15, 0.2) is 6.10 Å². The Hall–Kier alpha value is -4.07. The number of aromatic hydroxyl groups is 1. The smallest absolute Gasteiger partial charge is 0.508 e. The average Bonchev–Trinajstić information content (AvgIpc) is 2.67. The summed E-state index contributed by atoms with van der Waals surface area (Å²) in [5.74, 6) is 1.87. The van der Waals surface area contributed by atoms with Crippen molar-refractivity contribution in [2.75, 3.05) is 17.2 Å². The molecule has 0 fully saturated rings. The molecule has 1 amide bonds. The molecule has 0 saturated carbocycles. The maximum absolute atomic E-state index is 12.6. The lowest BCUT2D eigenvalue weighted by molar-refractivity contribution is -0.274. The maximum Gasteiger partial charge on any atom is 0.573 e. The summed E-state index contributed by atoms with van der Waals surface area (Å²) in [7, 11) is 0. The first-order chi connectivity index (χ1) is 14.5. The van der Waals surface area contributed by atoms with Crippen LogP contribution in [0.15, 0.2) is 30.3 Å². The first-order valence-corrected chi connectivity index (χ1v) is 8.71. The fourth-order valence-electron chi connectivity index (χ4n) is 2.73. The lowest BCUT2D eigenvalue weighted by Gasteiger charge is -2.27. The van der Waals surface area contributed by atoms with E-state index in [1.807, 2.05) is 5.92 Å². The van der Waals surface area contributed by atoms with Crippen LogP contribution in [0.4, 0.5) is 24.5 Å². The molecule has 4 N–H and O–H groups in total. The average molecular weight is 438 g/mol. The highest BCUT2D eigenvalue weighted by atomic mass is 19.4. The second-order valence-corrected chi connectivity index (χ2v) is 6.42. The van der Waals surface area contributed by atoms with Gasteiger partial charge in [0.25, 0.3) is 5.91 Å². The number of benzene rings is 2. The monoisotopic (exact) mass is 438 g/mol. The van der Waals surface area contributed by atoms with Crippen LogP contribution in [0, 0.1) is 18.8 Å². The topological polar surface area (TPSA) is 117 Å². The van der Waals surface area contributed by atoms with Gasteiger partial charge in [-0.1, -0.05) is 5.92 Å². The van der Waals surface area contributed by atoms with Crippen LogP contribution >= 0.6 is 0 Å². The number of halogens is 3. The molecule has 0 radical (unpaired) electrons. The van der Waals surface area contributed by atoms with E-state index >= 15 is 0 Å². The van der Waals surface area contributed by atoms with Gasteiger partial charge in [-0.05, 0) is 30.7 Å². The van der Waals surface area contributed by atoms with Gasteiger partial charge < -0.3 is 30.3 Å². The number of ether oxygens (including phenoxy) is 2. The number of aryl methyl sites for hydroxylation is 1. The number of hydrogen-bond donors (Lipinski definition) is 4. The Morgan fingerprint density at radius 2 is 2.06 bits per heavy atom. The molecule has 2 aromatic rings. The molecule has 11 heteroatoms. The van der Waals surface area contributed by atoms with E-state index in [0.717, 1.165) is 12.1 Å². The van der Waals surface area contributed by atoms with Gasteiger partial charge >= 0.3 is 12.3 Å². The fourth-order valence-corrected chi connectivity index (χ4v) is 2.73. The summed E-state index contributed by atoms with van der Waals surface area (Å²) in [6.45, 7) is 1.51. The van der Waals surface area contributed by atoms with Crippen molar-refractivity contribution < 1.29 is 43.9 Å². The Labute approximate surface area is 175 Å². The maximum atomic E-state index is 12.6. The molecule has 0 aromatic heterocycles. The molecule has 31 heavy (non-hydrogen) atoms. The van der Waals surface area contributed by atoms with Gasteiger partial charge in [0.05, 0.1) is 17.9 Å². The molecule has 0 aliphatic carbocycles. The van der Waals surface area contributed by atoms with E-state index in [4.69, 9.17) is 9.84 Å². The van der Waals surface area contributed by atoms with Gasteiger partial charge in [0.2, 0.25) is 0 Å². The predicted octanol–water partition coefficient (Wildman–Crippen LogP) is 3.09. The molecule has 0 saturated heterocycles. The van der Waals surface area contributed by atoms with E-state index in [1.54, 1.807) is 6.92 Å². The number of carbonyl (C=O) groups excluding carboxylic acids is 1. The molecule has 2 aromatic carbocycles. The number of alkyl halides is 3. The van der Waals surface area contributed by atoms with Gasteiger partial charge in [0.1, 0.15) is 17.2 Å². The fraction of sp³-hybridized carbons (Fsp3) is 0.200. The second kappa shape index (κ2) is 8.35. The van der Waals surface area contributed by atoms with Crippen molar-refractivity contribution in [3.63, 3.8) is 0 Å². The molecule has 1 heterocycles. The molecular weight excluding hydrogens is 421 g/mol. The van der Waals surface area contributed by atoms with Gasteiger partial charge in [-0.3, -0.25) is 4.79 Å². The minimum atomic E-state index is -4.84. The Kier molecular flexibility index (Phi) is 5.83. The van der Waals surface area contributed by atoms with E-state index in [1.165, 1.54) is 18.2 Å². The Morgan fingerprint density at radius 1 is 1.32 bits per heavy atom. The molecule has 164 valence electrons. The van der Waals surface area contributed by atoms with E-state index in [-0.39, 0.29) is 36.4 Å². The van der Waals surface area contributed by atoms with Crippen LogP contribution in [0.2, 0.25) is 0 Å². The van der Waals surface area contributed by atoms with Crippen molar-refractivity contribution in [2.45, 2.75) is 19.4 Å². The normalized spacial score (nSPS) is 14.8. The zero-order chi connectivity index (χ0) is 22.8. The molecular formula is C20H17F3N2O6. The summed E-state index contributed by atoms with van der Waals surface area (Å²) in [6, 6.07) is 6.01. The number of carboxylic acid groups (broad SMARTS) is 1. The first-order valence-electron chi connectivity index (χ1n) is 8.71. The highest BCUT2D eigenvalue weighted by Gasteiger charge is 2.32. The van der Waals surface area contributed by atoms with Crippen LogP contribution in [-0.4, -0.2) is 41.1 Å². The number of phenols is 1. The Morgan fingerprint density at radius 3 is 2.74 bits per heavy atom. The molecule has 0 spiro atoms. The number of rotatable bonds is 3. The van der Waals surface area contributed by atoms with Crippen LogP contribution < -0.4 is 20.1 Å². The summed E-state index contributed by atoms with van der Waals surface area (Å²) in [4.78, 5) is 23.3. The van der Waals surface area contributed by atoms with E-state index in [0.29, 0.717) is 5.56 Å². The number of hydrogen-bond acceptors (Lipinski definition) is 6. The highest BCUT2D eigenvalue weighted by molar-refractivity contribution is 5.97. The van der Waals surface area contributed by atoms with Crippen molar-refractivity contribution in [2.24, 2.45) is 0 Å². The van der Waals surface area contributed by atoms with Crippen LogP contribution in [0.5, 0.6) is 17.2 Å². The van der Waals surface area contributed by atoms with Crippen LogP contribution in [0.1, 0.15) is 12.6 Å². The van der Waals surface area contributed by atoms with E-state index in [9.17, 15) is 27.9 Å². The summed E-state index contributed by atoms with van der Waals surface area (Å²) in [5.41, 5.74) is 0.884. The number of phenolic OH excluding ortho intramolecular Hbond substituents is 1. The highest BCUT2D eigenvalue weighted by Crippen LogP contribution is 2.35. The molecule has 3 rings (SSSR count). The lowest BCUT2D eigenvalue weighted by atomic mass is 10.1. The summed E-state index contributed by atoms with van der Waals surface area (Å²) in [6.07, 6.45) is -5.90. The van der Waals surface area contributed by atoms with Gasteiger partial charge in [-0.2, -0.15) is 0 Å². The number of aliphatic carboxylic acids is 1. The van der Waals surface area contributed by atoms with Crippen molar-refractivity contribution >= 4 is 23.3 Å². The number of fused-ring (bicyclic) bond motifs is 1. The summed E-state index contributed by atoms with van der Waals surface area (Å²) in [5, 5.41) is 24.0. The second-order valence-electron chi connectivity index (χ2n) is 6.42. The van der Waals surface area contributed by atoms with Gasteiger partial charge in [-0.15, -0.1) is 13.2 Å². The molecule has 1 aliphatic rings. The van der Waals surface area contributed by atoms with Crippen molar-refractivity contribution in [1.29, 1.82) is 0 Å². The largest absolute Gasteiger partial charge is 0.573 e. The number of nitrogens with one attached hydrogen (secondary N) is 2. The third kappa shape index (κ3) is 5.51. The van der Waals surface area contributed by atoms with Gasteiger partial charge in [0, 0.05) is 25.0 Å². The first kappa shape index (κ1) is 21.6. The van der Waals surface area contributed by atoms with E-state index < -0.39 is 30.1 Å². The summed E-state index contributed by atoms with van der Waals surface area (Å²) < 4.78 is 46.4. The minimum Gasteiger partial charge on any atom is -0.508 e. The number of amides is 1. The SMILES string of the molecule is Cc1cc(C#CC(=O)O)c(NC(=O)C2CNc3cc(OC(F)(F)F)ccc3O2)cc1O.[HH]. The standard InChI is InChI=1S/C20H15F3N2O6.H2/c1-10-6-11(2-5-18(27)28)13(8-15(10)26)25-19(29)17-9-24-14-7-12(31-20(21,22)23)3-4-16(14)30-17;/h3-4,6-8,17,24,26H,9H2,1H3,(H,25,29)(H,27,28);1H.